The maximum Gasteiger partial charge on any atom is 0.307 e. The number of imide groups is 1. The highest BCUT2D eigenvalue weighted by Crippen LogP contribution is 2.35. The zero-order valence-corrected chi connectivity index (χ0v) is 14.9. The third kappa shape index (κ3) is 3.66. The van der Waals surface area contributed by atoms with Crippen LogP contribution >= 0.6 is 23.2 Å². The van der Waals surface area contributed by atoms with E-state index >= 15 is 0 Å². The Morgan fingerprint density at radius 1 is 1.15 bits per heavy atom. The molecule has 1 fully saturated rings. The number of anilines is 2. The molecule has 0 saturated carbocycles. The number of hydrogen-bond donors (Lipinski definition) is 2. The fraction of sp³-hybridized carbons (Fsp3) is 0.167. The molecule has 134 valence electrons. The highest BCUT2D eigenvalue weighted by atomic mass is 35.5. The minimum absolute atomic E-state index is 0.0153. The first-order valence-corrected chi connectivity index (χ1v) is 8.50. The lowest BCUT2D eigenvalue weighted by atomic mass is 10.1. The summed E-state index contributed by atoms with van der Waals surface area (Å²) in [5.41, 5.74) is 1.52. The Kier molecular flexibility index (Phi) is 5.15. The van der Waals surface area contributed by atoms with Gasteiger partial charge in [0.25, 0.3) is 5.91 Å². The van der Waals surface area contributed by atoms with Gasteiger partial charge in [0, 0.05) is 5.69 Å². The van der Waals surface area contributed by atoms with Gasteiger partial charge < -0.3 is 10.4 Å². The van der Waals surface area contributed by atoms with Crippen LogP contribution in [0.4, 0.5) is 11.4 Å². The van der Waals surface area contributed by atoms with Gasteiger partial charge in [0.05, 0.1) is 28.6 Å². The summed E-state index contributed by atoms with van der Waals surface area (Å²) < 4.78 is 0. The number of hydrogen-bond acceptors (Lipinski definition) is 4. The van der Waals surface area contributed by atoms with Crippen LogP contribution < -0.4 is 10.2 Å². The molecule has 1 saturated heterocycles. The van der Waals surface area contributed by atoms with Crippen molar-refractivity contribution in [2.75, 3.05) is 10.2 Å². The normalized spacial score (nSPS) is 16.8. The lowest BCUT2D eigenvalue weighted by Crippen LogP contribution is -2.35. The summed E-state index contributed by atoms with van der Waals surface area (Å²) in [6.07, 6.45) is -0.0965. The molecule has 0 aromatic heterocycles. The number of carbonyl (C=O) groups is 3. The van der Waals surface area contributed by atoms with Crippen molar-refractivity contribution in [3.63, 3.8) is 0 Å². The average Bonchev–Trinajstić information content (AvgIpc) is 2.86. The van der Waals surface area contributed by atoms with E-state index < -0.39 is 17.9 Å². The molecule has 0 spiro atoms. The molecule has 1 unspecified atom stereocenters. The highest BCUT2D eigenvalue weighted by molar-refractivity contribution is 6.45. The fourth-order valence-corrected chi connectivity index (χ4v) is 3.14. The van der Waals surface area contributed by atoms with Crippen molar-refractivity contribution in [2.45, 2.75) is 18.9 Å². The van der Waals surface area contributed by atoms with Gasteiger partial charge in [0.1, 0.15) is 6.04 Å². The topological polar surface area (TPSA) is 86.7 Å². The second-order valence-corrected chi connectivity index (χ2v) is 6.59. The van der Waals surface area contributed by atoms with Gasteiger partial charge in [-0.2, -0.15) is 0 Å². The standard InChI is InChI=1S/C18H14Cl2N2O4/c19-12-2-1-3-14(17(12)20)22-15(23)9-13(18(22)26)21-11-6-4-10(5-7-11)8-16(24)25/h1-7,13,21H,8-9H2,(H,24,25). The van der Waals surface area contributed by atoms with Crippen molar-refractivity contribution in [3.05, 3.63) is 58.1 Å². The molecule has 1 aliphatic rings. The van der Waals surface area contributed by atoms with E-state index in [-0.39, 0.29) is 34.5 Å². The molecule has 1 atom stereocenters. The van der Waals surface area contributed by atoms with Gasteiger partial charge in [-0.25, -0.2) is 4.90 Å². The van der Waals surface area contributed by atoms with Crippen molar-refractivity contribution in [3.8, 4) is 0 Å². The number of carboxylic acids is 1. The van der Waals surface area contributed by atoms with Crippen LogP contribution in [0.25, 0.3) is 0 Å². The molecular formula is C18H14Cl2N2O4. The molecule has 26 heavy (non-hydrogen) atoms. The number of rotatable bonds is 5. The van der Waals surface area contributed by atoms with Crippen molar-refractivity contribution in [1.82, 2.24) is 0 Å². The Labute approximate surface area is 159 Å². The lowest BCUT2D eigenvalue weighted by Gasteiger charge is -2.18. The van der Waals surface area contributed by atoms with Crippen molar-refractivity contribution in [1.29, 1.82) is 0 Å². The van der Waals surface area contributed by atoms with Crippen LogP contribution in [0.3, 0.4) is 0 Å². The van der Waals surface area contributed by atoms with Gasteiger partial charge in [-0.3, -0.25) is 14.4 Å². The smallest absolute Gasteiger partial charge is 0.307 e. The number of halogens is 2. The zero-order chi connectivity index (χ0) is 18.8. The molecule has 8 heteroatoms. The first kappa shape index (κ1) is 18.2. The van der Waals surface area contributed by atoms with Crippen LogP contribution in [0.5, 0.6) is 0 Å². The Morgan fingerprint density at radius 2 is 1.85 bits per heavy atom. The van der Waals surface area contributed by atoms with E-state index in [9.17, 15) is 14.4 Å². The minimum Gasteiger partial charge on any atom is -0.481 e. The van der Waals surface area contributed by atoms with Crippen molar-refractivity contribution in [2.24, 2.45) is 0 Å². The van der Waals surface area contributed by atoms with E-state index in [4.69, 9.17) is 28.3 Å². The minimum atomic E-state index is -0.920. The molecule has 6 nitrogen and oxygen atoms in total. The lowest BCUT2D eigenvalue weighted by molar-refractivity contribution is -0.136. The van der Waals surface area contributed by atoms with Crippen LogP contribution in [0.2, 0.25) is 10.0 Å². The number of nitrogens with zero attached hydrogens (tertiary/aromatic N) is 1. The second-order valence-electron chi connectivity index (χ2n) is 5.81. The van der Waals surface area contributed by atoms with E-state index in [0.29, 0.717) is 11.3 Å². The van der Waals surface area contributed by atoms with Gasteiger partial charge in [0.2, 0.25) is 5.91 Å². The monoisotopic (exact) mass is 392 g/mol. The number of carbonyl (C=O) groups excluding carboxylic acids is 2. The summed E-state index contributed by atoms with van der Waals surface area (Å²) in [4.78, 5) is 36.7. The Balaban J connectivity index is 1.77. The predicted octanol–water partition coefficient (Wildman–Crippen LogP) is 3.36. The Morgan fingerprint density at radius 3 is 2.50 bits per heavy atom. The van der Waals surface area contributed by atoms with E-state index in [1.165, 1.54) is 0 Å². The molecule has 0 bridgehead atoms. The first-order valence-electron chi connectivity index (χ1n) is 7.75. The SMILES string of the molecule is O=C(O)Cc1ccc(NC2CC(=O)N(c3cccc(Cl)c3Cl)C2=O)cc1. The molecule has 1 aliphatic heterocycles. The zero-order valence-electron chi connectivity index (χ0n) is 13.4. The summed E-state index contributed by atoms with van der Waals surface area (Å²) in [7, 11) is 0. The van der Waals surface area contributed by atoms with Crippen LogP contribution in [0.15, 0.2) is 42.5 Å². The maximum absolute atomic E-state index is 12.7. The van der Waals surface area contributed by atoms with Crippen LogP contribution in [-0.2, 0) is 20.8 Å². The van der Waals surface area contributed by atoms with E-state index in [0.717, 1.165) is 4.90 Å². The molecular weight excluding hydrogens is 379 g/mol. The van der Waals surface area contributed by atoms with E-state index in [1.54, 1.807) is 42.5 Å². The third-order valence-corrected chi connectivity index (χ3v) is 4.78. The van der Waals surface area contributed by atoms with Gasteiger partial charge in [-0.1, -0.05) is 41.4 Å². The molecule has 2 amide bonds. The number of amides is 2. The molecule has 0 aliphatic carbocycles. The third-order valence-electron chi connectivity index (χ3n) is 3.97. The van der Waals surface area contributed by atoms with E-state index in [2.05, 4.69) is 5.32 Å². The summed E-state index contributed by atoms with van der Waals surface area (Å²) >= 11 is 12.1. The number of carboxylic acid groups (broad SMARTS) is 1. The number of benzene rings is 2. The largest absolute Gasteiger partial charge is 0.481 e. The summed E-state index contributed by atoms with van der Waals surface area (Å²) in [5, 5.41) is 12.2. The van der Waals surface area contributed by atoms with Gasteiger partial charge >= 0.3 is 5.97 Å². The van der Waals surface area contributed by atoms with Gasteiger partial charge in [-0.15, -0.1) is 0 Å². The first-order chi connectivity index (χ1) is 12.4. The molecule has 2 aromatic rings. The maximum atomic E-state index is 12.7. The summed E-state index contributed by atoms with van der Waals surface area (Å²) in [6.45, 7) is 0. The predicted molar refractivity (Wildman–Crippen MR) is 98.8 cm³/mol. The van der Waals surface area contributed by atoms with Crippen molar-refractivity contribution < 1.29 is 19.5 Å². The van der Waals surface area contributed by atoms with E-state index in [1.807, 2.05) is 0 Å². The molecule has 2 aromatic carbocycles. The van der Waals surface area contributed by atoms with Crippen LogP contribution in [0, 0.1) is 0 Å². The molecule has 2 N–H and O–H groups in total. The highest BCUT2D eigenvalue weighted by Gasteiger charge is 2.40. The Bertz CT molecular complexity index is 883. The van der Waals surface area contributed by atoms with Crippen LogP contribution in [-0.4, -0.2) is 28.9 Å². The van der Waals surface area contributed by atoms with Gasteiger partial charge in [0.15, 0.2) is 0 Å². The summed E-state index contributed by atoms with van der Waals surface area (Å²) in [5.74, 6) is -1.72. The van der Waals surface area contributed by atoms with Gasteiger partial charge in [-0.05, 0) is 29.8 Å². The fourth-order valence-electron chi connectivity index (χ4n) is 2.76. The molecule has 0 radical (unpaired) electrons. The summed E-state index contributed by atoms with van der Waals surface area (Å²) in [6, 6.07) is 10.7. The Hall–Kier alpha value is -2.57. The quantitative estimate of drug-likeness (QED) is 0.761. The molecule has 1 heterocycles. The molecule has 3 rings (SSSR count). The number of nitrogens with one attached hydrogen (secondary N) is 1. The average molecular weight is 393 g/mol. The van der Waals surface area contributed by atoms with Crippen molar-refractivity contribution >= 4 is 52.4 Å². The van der Waals surface area contributed by atoms with Crippen LogP contribution in [0.1, 0.15) is 12.0 Å². The second kappa shape index (κ2) is 7.35. The number of aliphatic carboxylic acids is 1.